The first-order valence-electron chi connectivity index (χ1n) is 7.26. The molecule has 0 saturated carbocycles. The van der Waals surface area contributed by atoms with Gasteiger partial charge in [-0.15, -0.1) is 0 Å². The van der Waals surface area contributed by atoms with E-state index in [0.717, 1.165) is 0 Å². The van der Waals surface area contributed by atoms with E-state index >= 15 is 0 Å². The Morgan fingerprint density at radius 2 is 2.00 bits per heavy atom. The minimum atomic E-state index is -1.08. The lowest BCUT2D eigenvalue weighted by atomic mass is 10.0. The van der Waals surface area contributed by atoms with Crippen molar-refractivity contribution in [1.29, 1.82) is 0 Å². The molecule has 0 aliphatic heterocycles. The van der Waals surface area contributed by atoms with Crippen LogP contribution in [0.25, 0.3) is 11.3 Å². The van der Waals surface area contributed by atoms with Gasteiger partial charge in [-0.1, -0.05) is 26.0 Å². The zero-order valence-electron chi connectivity index (χ0n) is 12.9. The molecule has 0 aliphatic carbocycles. The number of hydrogen-bond donors (Lipinski definition) is 4. The van der Waals surface area contributed by atoms with E-state index in [2.05, 4.69) is 15.5 Å². The number of aromatic amines is 1. The number of aromatic nitrogens is 2. The van der Waals surface area contributed by atoms with Gasteiger partial charge in [0.2, 0.25) is 0 Å². The third-order valence-corrected chi connectivity index (χ3v) is 3.31. The molecule has 0 spiro atoms. The number of carboxylic acid groups (broad SMARTS) is 1. The first-order chi connectivity index (χ1) is 10.9. The van der Waals surface area contributed by atoms with Gasteiger partial charge in [0.05, 0.1) is 5.69 Å². The van der Waals surface area contributed by atoms with Crippen molar-refractivity contribution < 1.29 is 19.8 Å². The van der Waals surface area contributed by atoms with E-state index < -0.39 is 17.9 Å². The number of nitrogens with zero attached hydrogens (tertiary/aromatic N) is 1. The second-order valence-corrected chi connectivity index (χ2v) is 5.68. The van der Waals surface area contributed by atoms with E-state index in [1.54, 1.807) is 18.2 Å². The molecule has 23 heavy (non-hydrogen) atoms. The van der Waals surface area contributed by atoms with Crippen LogP contribution in [0.2, 0.25) is 0 Å². The Bertz CT molecular complexity index is 709. The number of carbonyl (C=O) groups excluding carboxylic acids is 1. The number of nitrogens with one attached hydrogen (secondary N) is 2. The number of H-pyrrole nitrogens is 1. The maximum absolute atomic E-state index is 12.2. The van der Waals surface area contributed by atoms with Gasteiger partial charge >= 0.3 is 5.97 Å². The molecule has 0 radical (unpaired) electrons. The molecule has 122 valence electrons. The van der Waals surface area contributed by atoms with Gasteiger partial charge in [0.25, 0.3) is 5.91 Å². The zero-order valence-corrected chi connectivity index (χ0v) is 12.9. The number of amides is 1. The standard InChI is InChI=1S/C16H19N3O4/c1-9(2)7-13(16(22)23)17-15(21)12-8-11(18-19-12)10-5-3-4-6-14(10)20/h3-6,8-9,13,20H,7H2,1-2H3,(H,17,21)(H,18,19)(H,22,23). The van der Waals surface area contributed by atoms with Crippen molar-refractivity contribution in [2.24, 2.45) is 5.92 Å². The van der Waals surface area contributed by atoms with Crippen molar-refractivity contribution in [3.05, 3.63) is 36.0 Å². The van der Waals surface area contributed by atoms with E-state index in [-0.39, 0.29) is 17.4 Å². The Morgan fingerprint density at radius 1 is 1.30 bits per heavy atom. The van der Waals surface area contributed by atoms with Crippen molar-refractivity contribution in [3.63, 3.8) is 0 Å². The SMILES string of the molecule is CC(C)CC(NC(=O)c1cc(-c2ccccc2O)n[nH]1)C(=O)O. The molecule has 1 aromatic heterocycles. The molecule has 2 rings (SSSR count). The van der Waals surface area contributed by atoms with E-state index in [0.29, 0.717) is 17.7 Å². The van der Waals surface area contributed by atoms with Gasteiger partial charge in [0, 0.05) is 5.56 Å². The highest BCUT2D eigenvalue weighted by atomic mass is 16.4. The summed E-state index contributed by atoms with van der Waals surface area (Å²) >= 11 is 0. The highest BCUT2D eigenvalue weighted by molar-refractivity contribution is 5.96. The average molecular weight is 317 g/mol. The lowest BCUT2D eigenvalue weighted by Crippen LogP contribution is -2.41. The molecule has 1 atom stereocenters. The van der Waals surface area contributed by atoms with E-state index in [9.17, 15) is 14.7 Å². The number of carboxylic acids is 1. The maximum atomic E-state index is 12.2. The van der Waals surface area contributed by atoms with Crippen LogP contribution in [0, 0.1) is 5.92 Å². The number of phenolic OH excluding ortho intramolecular Hbond substituents is 1. The van der Waals surface area contributed by atoms with Gasteiger partial charge in [-0.3, -0.25) is 9.89 Å². The summed E-state index contributed by atoms with van der Waals surface area (Å²) in [6.45, 7) is 3.77. The van der Waals surface area contributed by atoms with Crippen LogP contribution < -0.4 is 5.32 Å². The molecular weight excluding hydrogens is 298 g/mol. The second kappa shape index (κ2) is 6.95. The van der Waals surface area contributed by atoms with Crippen LogP contribution in [0.5, 0.6) is 5.75 Å². The number of aliphatic carboxylic acids is 1. The molecular formula is C16H19N3O4. The molecule has 1 unspecified atom stereocenters. The Balaban J connectivity index is 2.15. The molecule has 0 saturated heterocycles. The summed E-state index contributed by atoms with van der Waals surface area (Å²) in [6, 6.07) is 7.13. The van der Waals surface area contributed by atoms with Gasteiger partial charge < -0.3 is 15.5 Å². The third-order valence-electron chi connectivity index (χ3n) is 3.31. The number of hydrogen-bond acceptors (Lipinski definition) is 4. The second-order valence-electron chi connectivity index (χ2n) is 5.68. The molecule has 2 aromatic rings. The Kier molecular flexibility index (Phi) is 5.00. The Labute approximate surface area is 133 Å². The number of phenols is 1. The summed E-state index contributed by atoms with van der Waals surface area (Å²) < 4.78 is 0. The molecule has 7 heteroatoms. The van der Waals surface area contributed by atoms with Crippen molar-refractivity contribution in [2.45, 2.75) is 26.3 Å². The Hall–Kier alpha value is -2.83. The average Bonchev–Trinajstić information content (AvgIpc) is 2.96. The smallest absolute Gasteiger partial charge is 0.326 e. The molecule has 0 aliphatic rings. The number of benzene rings is 1. The van der Waals surface area contributed by atoms with Crippen molar-refractivity contribution in [1.82, 2.24) is 15.5 Å². The van der Waals surface area contributed by atoms with Crippen LogP contribution in [0.4, 0.5) is 0 Å². The summed E-state index contributed by atoms with van der Waals surface area (Å²) in [5.41, 5.74) is 1.03. The topological polar surface area (TPSA) is 115 Å². The molecule has 0 fully saturated rings. The maximum Gasteiger partial charge on any atom is 0.326 e. The normalized spacial score (nSPS) is 12.1. The van der Waals surface area contributed by atoms with Gasteiger partial charge in [-0.05, 0) is 30.5 Å². The van der Waals surface area contributed by atoms with E-state index in [1.807, 2.05) is 13.8 Å². The fraction of sp³-hybridized carbons (Fsp3) is 0.312. The number of rotatable bonds is 6. The van der Waals surface area contributed by atoms with Crippen molar-refractivity contribution >= 4 is 11.9 Å². The molecule has 1 heterocycles. The quantitative estimate of drug-likeness (QED) is 0.650. The lowest BCUT2D eigenvalue weighted by molar-refractivity contribution is -0.139. The van der Waals surface area contributed by atoms with Crippen LogP contribution in [-0.4, -0.2) is 38.3 Å². The van der Waals surface area contributed by atoms with Crippen LogP contribution in [0.15, 0.2) is 30.3 Å². The monoisotopic (exact) mass is 317 g/mol. The molecule has 1 aromatic carbocycles. The van der Waals surface area contributed by atoms with E-state index in [4.69, 9.17) is 5.11 Å². The van der Waals surface area contributed by atoms with Crippen molar-refractivity contribution in [3.8, 4) is 17.0 Å². The number of carbonyl (C=O) groups is 2. The fourth-order valence-electron chi connectivity index (χ4n) is 2.20. The Morgan fingerprint density at radius 3 is 2.61 bits per heavy atom. The largest absolute Gasteiger partial charge is 0.507 e. The van der Waals surface area contributed by atoms with E-state index in [1.165, 1.54) is 12.1 Å². The van der Waals surface area contributed by atoms with Gasteiger partial charge in [0.15, 0.2) is 0 Å². The first-order valence-corrected chi connectivity index (χ1v) is 7.26. The zero-order chi connectivity index (χ0) is 17.0. The predicted molar refractivity (Wildman–Crippen MR) is 84.0 cm³/mol. The minimum Gasteiger partial charge on any atom is -0.507 e. The molecule has 1 amide bonds. The predicted octanol–water partition coefficient (Wildman–Crippen LogP) is 2.01. The van der Waals surface area contributed by atoms with Crippen LogP contribution in [0.3, 0.4) is 0 Å². The fourth-order valence-corrected chi connectivity index (χ4v) is 2.20. The van der Waals surface area contributed by atoms with Crippen molar-refractivity contribution in [2.75, 3.05) is 0 Å². The number of aromatic hydroxyl groups is 1. The van der Waals surface area contributed by atoms with Crippen LogP contribution in [0.1, 0.15) is 30.8 Å². The summed E-state index contributed by atoms with van der Waals surface area (Å²) in [5.74, 6) is -1.44. The van der Waals surface area contributed by atoms with Gasteiger partial charge in [0.1, 0.15) is 17.5 Å². The van der Waals surface area contributed by atoms with Gasteiger partial charge in [-0.25, -0.2) is 4.79 Å². The summed E-state index contributed by atoms with van der Waals surface area (Å²) in [6.07, 6.45) is 0.335. The highest BCUT2D eigenvalue weighted by Gasteiger charge is 2.23. The van der Waals surface area contributed by atoms with Crippen LogP contribution in [-0.2, 0) is 4.79 Å². The molecule has 7 nitrogen and oxygen atoms in total. The summed E-state index contributed by atoms with van der Waals surface area (Å²) in [5, 5.41) is 28.0. The first kappa shape index (κ1) is 16.5. The summed E-state index contributed by atoms with van der Waals surface area (Å²) in [7, 11) is 0. The lowest BCUT2D eigenvalue weighted by Gasteiger charge is -2.15. The third kappa shape index (κ3) is 4.09. The molecule has 4 N–H and O–H groups in total. The van der Waals surface area contributed by atoms with Gasteiger partial charge in [-0.2, -0.15) is 5.10 Å². The molecule has 0 bridgehead atoms. The van der Waals surface area contributed by atoms with Crippen LogP contribution >= 0.6 is 0 Å². The number of para-hydroxylation sites is 1. The highest BCUT2D eigenvalue weighted by Crippen LogP contribution is 2.27. The summed E-state index contributed by atoms with van der Waals surface area (Å²) in [4.78, 5) is 23.4. The minimum absolute atomic E-state index is 0.0502.